The number of nitrogens with one attached hydrogen (secondary N) is 1. The molecule has 3 N–H and O–H groups in total. The molecule has 0 aromatic rings. The molecule has 0 fully saturated rings. The van der Waals surface area contributed by atoms with Crippen LogP contribution >= 0.6 is 11.8 Å². The first-order chi connectivity index (χ1) is 9.11. The highest BCUT2D eigenvalue weighted by atomic mass is 32.2. The Morgan fingerprint density at radius 1 is 1.32 bits per heavy atom. The van der Waals surface area contributed by atoms with Gasteiger partial charge in [0.2, 0.25) is 0 Å². The summed E-state index contributed by atoms with van der Waals surface area (Å²) in [5.41, 5.74) is 6.72. The molecule has 0 atom stereocenters. The van der Waals surface area contributed by atoms with Crippen LogP contribution in [-0.2, 0) is 9.78 Å². The van der Waals surface area contributed by atoms with Gasteiger partial charge in [-0.25, -0.2) is 0 Å². The van der Waals surface area contributed by atoms with Crippen LogP contribution in [0.15, 0.2) is 11.3 Å². The van der Waals surface area contributed by atoms with E-state index in [4.69, 9.17) is 15.5 Å². The lowest BCUT2D eigenvalue weighted by atomic mass is 10.1. The summed E-state index contributed by atoms with van der Waals surface area (Å²) in [7, 11) is 1.91. The summed E-state index contributed by atoms with van der Waals surface area (Å²) < 4.78 is 0. The number of nitrogens with two attached hydrogens (primary N) is 1. The summed E-state index contributed by atoms with van der Waals surface area (Å²) >= 11 is 1.91. The van der Waals surface area contributed by atoms with Gasteiger partial charge >= 0.3 is 0 Å². The summed E-state index contributed by atoms with van der Waals surface area (Å²) in [5, 5.41) is 3.11. The van der Waals surface area contributed by atoms with Crippen molar-refractivity contribution in [2.24, 2.45) is 11.7 Å². The van der Waals surface area contributed by atoms with Crippen LogP contribution in [0.25, 0.3) is 0 Å². The molecule has 0 radical (unpaired) electrons. The second-order valence-corrected chi connectivity index (χ2v) is 6.22. The molecular weight excluding hydrogens is 260 g/mol. The fraction of sp³-hybridized carbons (Fsp3) is 0.857. The molecular formula is C14H30N2O2S. The maximum atomic E-state index is 5.46. The number of likely N-dealkylation sites (N-methyl/N-ethyl adjacent to an activating group) is 1. The smallest absolute Gasteiger partial charge is 0.155 e. The number of hydrogen-bond donors (Lipinski definition) is 2. The highest BCUT2D eigenvalue weighted by Gasteiger charge is 2.06. The SMILES string of the molecule is CNC/C(OOCC(C)C)=C(\C)CCCSCCN. The van der Waals surface area contributed by atoms with Gasteiger partial charge in [-0.2, -0.15) is 16.6 Å². The van der Waals surface area contributed by atoms with Crippen LogP contribution in [0.4, 0.5) is 0 Å². The van der Waals surface area contributed by atoms with Crippen LogP contribution in [0.3, 0.4) is 0 Å². The zero-order valence-corrected chi connectivity index (χ0v) is 13.6. The lowest BCUT2D eigenvalue weighted by molar-refractivity contribution is -0.269. The summed E-state index contributed by atoms with van der Waals surface area (Å²) in [6, 6.07) is 0. The van der Waals surface area contributed by atoms with Crippen LogP contribution in [0.2, 0.25) is 0 Å². The predicted molar refractivity (Wildman–Crippen MR) is 84.1 cm³/mol. The van der Waals surface area contributed by atoms with E-state index in [9.17, 15) is 0 Å². The molecule has 0 bridgehead atoms. The Bertz CT molecular complexity index is 246. The van der Waals surface area contributed by atoms with E-state index in [0.29, 0.717) is 19.1 Å². The zero-order chi connectivity index (χ0) is 14.5. The molecule has 0 unspecified atom stereocenters. The van der Waals surface area contributed by atoms with Gasteiger partial charge in [-0.1, -0.05) is 13.8 Å². The normalized spacial score (nSPS) is 12.7. The molecule has 4 nitrogen and oxygen atoms in total. The van der Waals surface area contributed by atoms with Crippen molar-refractivity contribution in [2.75, 3.05) is 38.2 Å². The topological polar surface area (TPSA) is 56.5 Å². The van der Waals surface area contributed by atoms with Crippen LogP contribution in [0.1, 0.15) is 33.6 Å². The van der Waals surface area contributed by atoms with Gasteiger partial charge in [-0.15, -0.1) is 0 Å². The molecule has 0 saturated carbocycles. The van der Waals surface area contributed by atoms with Gasteiger partial charge in [-0.05, 0) is 44.1 Å². The van der Waals surface area contributed by atoms with E-state index in [1.807, 2.05) is 18.8 Å². The molecule has 0 aliphatic rings. The van der Waals surface area contributed by atoms with Gasteiger partial charge in [0.25, 0.3) is 0 Å². The van der Waals surface area contributed by atoms with E-state index in [2.05, 4.69) is 26.1 Å². The van der Waals surface area contributed by atoms with Crippen molar-refractivity contribution in [1.82, 2.24) is 5.32 Å². The Morgan fingerprint density at radius 2 is 2.05 bits per heavy atom. The van der Waals surface area contributed by atoms with Gasteiger partial charge in [0, 0.05) is 12.3 Å². The van der Waals surface area contributed by atoms with Crippen molar-refractivity contribution in [3.8, 4) is 0 Å². The number of thioether (sulfide) groups is 1. The molecule has 0 saturated heterocycles. The first kappa shape index (κ1) is 18.8. The third kappa shape index (κ3) is 11.3. The molecule has 114 valence electrons. The van der Waals surface area contributed by atoms with E-state index in [1.54, 1.807) is 0 Å². The Labute approximate surface area is 122 Å². The first-order valence-corrected chi connectivity index (χ1v) is 8.17. The summed E-state index contributed by atoms with van der Waals surface area (Å²) in [6.45, 7) is 8.40. The Kier molecular flexibility index (Phi) is 12.6. The minimum atomic E-state index is 0.476. The van der Waals surface area contributed by atoms with Crippen LogP contribution in [0, 0.1) is 5.92 Å². The second kappa shape index (κ2) is 12.8. The molecule has 0 spiro atoms. The Morgan fingerprint density at radius 3 is 2.63 bits per heavy atom. The van der Waals surface area contributed by atoms with Crippen molar-refractivity contribution in [2.45, 2.75) is 33.6 Å². The van der Waals surface area contributed by atoms with E-state index in [0.717, 1.165) is 36.7 Å². The second-order valence-electron chi connectivity index (χ2n) is 5.00. The molecule has 0 rings (SSSR count). The highest BCUT2D eigenvalue weighted by molar-refractivity contribution is 7.99. The quantitative estimate of drug-likeness (QED) is 0.250. The first-order valence-electron chi connectivity index (χ1n) is 7.02. The van der Waals surface area contributed by atoms with Gasteiger partial charge in [0.1, 0.15) is 0 Å². The monoisotopic (exact) mass is 290 g/mol. The highest BCUT2D eigenvalue weighted by Crippen LogP contribution is 2.14. The molecule has 0 aromatic heterocycles. The zero-order valence-electron chi connectivity index (χ0n) is 12.8. The third-order valence-corrected chi connectivity index (χ3v) is 3.58. The van der Waals surface area contributed by atoms with Gasteiger partial charge in [-0.3, -0.25) is 0 Å². The molecule has 19 heavy (non-hydrogen) atoms. The molecule has 5 heteroatoms. The van der Waals surface area contributed by atoms with Crippen LogP contribution in [0.5, 0.6) is 0 Å². The van der Waals surface area contributed by atoms with E-state index < -0.39 is 0 Å². The fourth-order valence-electron chi connectivity index (χ4n) is 1.42. The van der Waals surface area contributed by atoms with E-state index in [1.165, 1.54) is 5.57 Å². The van der Waals surface area contributed by atoms with Crippen LogP contribution in [-0.4, -0.2) is 38.2 Å². The number of allylic oxidation sites excluding steroid dienone is 1. The van der Waals surface area contributed by atoms with Crippen molar-refractivity contribution >= 4 is 11.8 Å². The summed E-state index contributed by atoms with van der Waals surface area (Å²) in [4.78, 5) is 10.7. The molecule has 0 aliphatic heterocycles. The Balaban J connectivity index is 4.03. The van der Waals surface area contributed by atoms with Gasteiger partial charge < -0.3 is 15.9 Å². The summed E-state index contributed by atoms with van der Waals surface area (Å²) in [6.07, 6.45) is 2.19. The average molecular weight is 290 g/mol. The van der Waals surface area contributed by atoms with E-state index in [-0.39, 0.29) is 0 Å². The Hall–Kier alpha value is -0.230. The van der Waals surface area contributed by atoms with Crippen molar-refractivity contribution in [3.05, 3.63) is 11.3 Å². The standard InChI is InChI=1S/C14H30N2O2S/c1-12(2)11-17-18-14(10-16-4)13(3)6-5-8-19-9-7-15/h12,16H,5-11,15H2,1-4H3/b14-13-. The molecule has 0 aromatic carbocycles. The minimum absolute atomic E-state index is 0.476. The van der Waals surface area contributed by atoms with Crippen molar-refractivity contribution in [3.63, 3.8) is 0 Å². The third-order valence-electron chi connectivity index (χ3n) is 2.48. The predicted octanol–water partition coefficient (Wildman–Crippen LogP) is 2.56. The number of hydrogen-bond acceptors (Lipinski definition) is 5. The van der Waals surface area contributed by atoms with Crippen molar-refractivity contribution < 1.29 is 9.78 Å². The summed E-state index contributed by atoms with van der Waals surface area (Å²) in [5.74, 6) is 3.57. The van der Waals surface area contributed by atoms with Crippen molar-refractivity contribution in [1.29, 1.82) is 0 Å². The maximum absolute atomic E-state index is 5.46. The molecule has 0 amide bonds. The lowest BCUT2D eigenvalue weighted by Crippen LogP contribution is -2.15. The molecule has 0 heterocycles. The van der Waals surface area contributed by atoms with Gasteiger partial charge in [0.05, 0.1) is 13.2 Å². The lowest BCUT2D eigenvalue weighted by Gasteiger charge is -2.13. The average Bonchev–Trinajstić information content (AvgIpc) is 2.37. The number of rotatable bonds is 12. The van der Waals surface area contributed by atoms with E-state index >= 15 is 0 Å². The van der Waals surface area contributed by atoms with Crippen LogP contribution < -0.4 is 11.1 Å². The maximum Gasteiger partial charge on any atom is 0.155 e. The fourth-order valence-corrected chi connectivity index (χ4v) is 2.14. The molecule has 0 aliphatic carbocycles. The minimum Gasteiger partial charge on any atom is -0.341 e. The van der Waals surface area contributed by atoms with Gasteiger partial charge in [0.15, 0.2) is 5.76 Å². The largest absolute Gasteiger partial charge is 0.341 e.